The molecule has 2 aliphatic heterocycles. The number of piperidine rings is 1. The van der Waals surface area contributed by atoms with Gasteiger partial charge in [0, 0.05) is 24.6 Å². The van der Waals surface area contributed by atoms with Crippen LogP contribution in [0.5, 0.6) is 5.75 Å². The molecule has 5 nitrogen and oxygen atoms in total. The molecule has 0 bridgehead atoms. The number of carbonyl (C=O) groups excluding carboxylic acids is 1. The molecule has 2 heterocycles. The van der Waals surface area contributed by atoms with Gasteiger partial charge in [0.25, 0.3) is 0 Å². The normalized spacial score (nSPS) is 21.8. The van der Waals surface area contributed by atoms with E-state index in [0.29, 0.717) is 19.8 Å². The molecule has 0 aromatic heterocycles. The van der Waals surface area contributed by atoms with Gasteiger partial charge in [0.15, 0.2) is 0 Å². The van der Waals surface area contributed by atoms with Crippen molar-refractivity contribution >= 4 is 18.3 Å². The number of halogens is 1. The fourth-order valence-electron chi connectivity index (χ4n) is 3.65. The quantitative estimate of drug-likeness (QED) is 0.850. The van der Waals surface area contributed by atoms with E-state index in [1.54, 1.807) is 7.11 Å². The summed E-state index contributed by atoms with van der Waals surface area (Å²) in [6.07, 6.45) is 2.80. The summed E-state index contributed by atoms with van der Waals surface area (Å²) in [4.78, 5) is 12.7. The predicted molar refractivity (Wildman–Crippen MR) is 96.0 cm³/mol. The van der Waals surface area contributed by atoms with Gasteiger partial charge in [-0.3, -0.25) is 4.79 Å². The van der Waals surface area contributed by atoms with Gasteiger partial charge in [-0.25, -0.2) is 0 Å². The summed E-state index contributed by atoms with van der Waals surface area (Å²) in [6, 6.07) is 7.84. The largest absolute Gasteiger partial charge is 0.493 e. The second-order valence-electron chi connectivity index (χ2n) is 6.63. The SMILES string of the molecule is COCC1(CNC(=O)C2CCOc3ccccc32)CCNCC1.Cl. The standard InChI is InChI=1S/C18H26N2O3.ClH/c1-22-13-18(7-9-19-10-8-18)12-20-17(21)15-6-11-23-16-5-3-2-4-14(15)16;/h2-5,15,19H,6-13H2,1H3,(H,20,21);1H. The molecule has 1 saturated heterocycles. The molecule has 6 heteroatoms. The van der Waals surface area contributed by atoms with Crippen LogP contribution in [0, 0.1) is 5.41 Å². The van der Waals surface area contributed by atoms with Crippen LogP contribution in [0.15, 0.2) is 24.3 Å². The molecular formula is C18H27ClN2O3. The van der Waals surface area contributed by atoms with Gasteiger partial charge in [-0.2, -0.15) is 0 Å². The number of fused-ring (bicyclic) bond motifs is 1. The Morgan fingerprint density at radius 2 is 2.12 bits per heavy atom. The fourth-order valence-corrected chi connectivity index (χ4v) is 3.65. The van der Waals surface area contributed by atoms with Crippen LogP contribution in [0.25, 0.3) is 0 Å². The molecule has 1 fully saturated rings. The van der Waals surface area contributed by atoms with E-state index in [1.807, 2.05) is 24.3 Å². The number of carbonyl (C=O) groups is 1. The molecule has 1 amide bonds. The number of amides is 1. The van der Waals surface area contributed by atoms with Gasteiger partial charge in [-0.1, -0.05) is 18.2 Å². The van der Waals surface area contributed by atoms with Crippen molar-refractivity contribution in [3.8, 4) is 5.75 Å². The van der Waals surface area contributed by atoms with E-state index in [9.17, 15) is 4.79 Å². The molecule has 1 aromatic rings. The Balaban J connectivity index is 0.00000208. The smallest absolute Gasteiger partial charge is 0.227 e. The minimum Gasteiger partial charge on any atom is -0.493 e. The summed E-state index contributed by atoms with van der Waals surface area (Å²) in [5, 5.41) is 6.56. The average Bonchev–Trinajstić information content (AvgIpc) is 2.60. The first kappa shape index (κ1) is 19.0. The highest BCUT2D eigenvalue weighted by Gasteiger charge is 2.34. The number of rotatable bonds is 5. The number of methoxy groups -OCH3 is 1. The maximum atomic E-state index is 12.7. The number of benzene rings is 1. The van der Waals surface area contributed by atoms with Crippen LogP contribution in [0.4, 0.5) is 0 Å². The van der Waals surface area contributed by atoms with Crippen molar-refractivity contribution in [1.29, 1.82) is 0 Å². The summed E-state index contributed by atoms with van der Waals surface area (Å²) in [7, 11) is 1.74. The zero-order valence-corrected chi connectivity index (χ0v) is 15.0. The first-order chi connectivity index (χ1) is 11.2. The Kier molecular flexibility index (Phi) is 6.90. The Hall–Kier alpha value is -1.30. The van der Waals surface area contributed by atoms with Crippen molar-refractivity contribution in [2.24, 2.45) is 5.41 Å². The molecule has 0 radical (unpaired) electrons. The number of hydrogen-bond donors (Lipinski definition) is 2. The van der Waals surface area contributed by atoms with Crippen LogP contribution >= 0.6 is 12.4 Å². The summed E-state index contributed by atoms with van der Waals surface area (Å²) in [5.74, 6) is 0.836. The molecule has 0 saturated carbocycles. The van der Waals surface area contributed by atoms with E-state index in [-0.39, 0.29) is 29.6 Å². The van der Waals surface area contributed by atoms with E-state index in [4.69, 9.17) is 9.47 Å². The third kappa shape index (κ3) is 4.21. The molecule has 2 N–H and O–H groups in total. The van der Waals surface area contributed by atoms with E-state index < -0.39 is 0 Å². The van der Waals surface area contributed by atoms with Crippen LogP contribution in [0.2, 0.25) is 0 Å². The highest BCUT2D eigenvalue weighted by molar-refractivity contribution is 5.85. The van der Waals surface area contributed by atoms with Crippen molar-refractivity contribution in [1.82, 2.24) is 10.6 Å². The number of ether oxygens (including phenoxy) is 2. The van der Waals surface area contributed by atoms with Crippen molar-refractivity contribution in [2.75, 3.05) is 40.0 Å². The van der Waals surface area contributed by atoms with Crippen molar-refractivity contribution < 1.29 is 14.3 Å². The summed E-state index contributed by atoms with van der Waals surface area (Å²) in [6.45, 7) is 3.95. The highest BCUT2D eigenvalue weighted by Crippen LogP contribution is 2.34. The van der Waals surface area contributed by atoms with Gasteiger partial charge in [0.1, 0.15) is 5.75 Å². The molecule has 24 heavy (non-hydrogen) atoms. The second kappa shape index (κ2) is 8.70. The first-order valence-electron chi connectivity index (χ1n) is 8.43. The van der Waals surface area contributed by atoms with Gasteiger partial charge in [0.05, 0.1) is 19.1 Å². The minimum absolute atomic E-state index is 0. The van der Waals surface area contributed by atoms with E-state index in [2.05, 4.69) is 10.6 Å². The third-order valence-corrected chi connectivity index (χ3v) is 5.03. The van der Waals surface area contributed by atoms with Crippen molar-refractivity contribution in [3.63, 3.8) is 0 Å². The van der Waals surface area contributed by atoms with Crippen LogP contribution in [0.1, 0.15) is 30.7 Å². The Morgan fingerprint density at radius 1 is 1.38 bits per heavy atom. The topological polar surface area (TPSA) is 59.6 Å². The highest BCUT2D eigenvalue weighted by atomic mass is 35.5. The minimum atomic E-state index is -0.110. The zero-order chi connectivity index (χ0) is 16.1. The molecule has 0 aliphatic carbocycles. The number of hydrogen-bond acceptors (Lipinski definition) is 4. The molecule has 1 unspecified atom stereocenters. The lowest BCUT2D eigenvalue weighted by Crippen LogP contribution is -2.48. The van der Waals surface area contributed by atoms with Gasteiger partial charge in [-0.05, 0) is 38.4 Å². The lowest BCUT2D eigenvalue weighted by atomic mass is 9.79. The summed E-state index contributed by atoms with van der Waals surface area (Å²) < 4.78 is 11.1. The van der Waals surface area contributed by atoms with Crippen LogP contribution in [0.3, 0.4) is 0 Å². The zero-order valence-electron chi connectivity index (χ0n) is 14.2. The lowest BCUT2D eigenvalue weighted by Gasteiger charge is -2.37. The first-order valence-corrected chi connectivity index (χ1v) is 8.43. The predicted octanol–water partition coefficient (Wildman–Crippen LogP) is 2.11. The average molecular weight is 355 g/mol. The van der Waals surface area contributed by atoms with E-state index in [1.165, 1.54) is 0 Å². The van der Waals surface area contributed by atoms with E-state index >= 15 is 0 Å². The third-order valence-electron chi connectivity index (χ3n) is 5.03. The fraction of sp³-hybridized carbons (Fsp3) is 0.611. The Labute approximate surface area is 149 Å². The van der Waals surface area contributed by atoms with Crippen LogP contribution < -0.4 is 15.4 Å². The molecule has 0 spiro atoms. The Morgan fingerprint density at radius 3 is 2.88 bits per heavy atom. The van der Waals surface area contributed by atoms with Crippen LogP contribution in [-0.4, -0.2) is 45.9 Å². The summed E-state index contributed by atoms with van der Waals surface area (Å²) in [5.41, 5.74) is 1.06. The Bertz CT molecular complexity index is 541. The molecule has 134 valence electrons. The number of para-hydroxylation sites is 1. The van der Waals surface area contributed by atoms with Gasteiger partial charge in [-0.15, -0.1) is 12.4 Å². The monoisotopic (exact) mass is 354 g/mol. The second-order valence-corrected chi connectivity index (χ2v) is 6.63. The van der Waals surface area contributed by atoms with Crippen LogP contribution in [-0.2, 0) is 9.53 Å². The maximum absolute atomic E-state index is 12.7. The van der Waals surface area contributed by atoms with Gasteiger partial charge in [0.2, 0.25) is 5.91 Å². The molecule has 2 aliphatic rings. The van der Waals surface area contributed by atoms with Crippen molar-refractivity contribution in [3.05, 3.63) is 29.8 Å². The van der Waals surface area contributed by atoms with Crippen molar-refractivity contribution in [2.45, 2.75) is 25.2 Å². The van der Waals surface area contributed by atoms with Gasteiger partial charge < -0.3 is 20.1 Å². The molecule has 1 aromatic carbocycles. The van der Waals surface area contributed by atoms with E-state index in [0.717, 1.165) is 43.7 Å². The molecule has 1 atom stereocenters. The molecule has 3 rings (SSSR count). The lowest BCUT2D eigenvalue weighted by molar-refractivity contribution is -0.124. The molecular weight excluding hydrogens is 328 g/mol. The summed E-state index contributed by atoms with van der Waals surface area (Å²) >= 11 is 0. The van der Waals surface area contributed by atoms with Gasteiger partial charge >= 0.3 is 0 Å². The number of nitrogens with one attached hydrogen (secondary N) is 2. The maximum Gasteiger partial charge on any atom is 0.227 e.